The molecule has 15 heavy (non-hydrogen) atoms. The molecule has 4 heteroatoms. The van der Waals surface area contributed by atoms with Gasteiger partial charge >= 0.3 is 0 Å². The second-order valence-corrected chi connectivity index (χ2v) is 4.95. The molecule has 3 atom stereocenters. The summed E-state index contributed by atoms with van der Waals surface area (Å²) in [5.74, 6) is 0.718. The minimum Gasteiger partial charge on any atom is -0.392 e. The summed E-state index contributed by atoms with van der Waals surface area (Å²) in [6.45, 7) is 5.89. The van der Waals surface area contributed by atoms with Crippen molar-refractivity contribution in [1.29, 1.82) is 0 Å². The van der Waals surface area contributed by atoms with Crippen LogP contribution in [0, 0.1) is 5.92 Å². The third kappa shape index (κ3) is 3.72. The molecule has 0 spiro atoms. The van der Waals surface area contributed by atoms with Crippen molar-refractivity contribution in [3.63, 3.8) is 0 Å². The van der Waals surface area contributed by atoms with Crippen LogP contribution in [0.15, 0.2) is 0 Å². The Hall–Kier alpha value is -0.160. The van der Waals surface area contributed by atoms with Crippen LogP contribution in [-0.2, 0) is 0 Å². The van der Waals surface area contributed by atoms with Crippen LogP contribution in [0.25, 0.3) is 0 Å². The van der Waals surface area contributed by atoms with Crippen LogP contribution in [-0.4, -0.2) is 67.3 Å². The molecule has 1 saturated heterocycles. The molecule has 3 unspecified atom stereocenters. The monoisotopic (exact) mass is 215 g/mol. The molecule has 0 saturated carbocycles. The van der Waals surface area contributed by atoms with E-state index in [0.29, 0.717) is 12.6 Å². The summed E-state index contributed by atoms with van der Waals surface area (Å²) in [7, 11) is 4.28. The van der Waals surface area contributed by atoms with Gasteiger partial charge in [0.2, 0.25) is 0 Å². The lowest BCUT2D eigenvalue weighted by molar-refractivity contribution is 0.151. The van der Waals surface area contributed by atoms with Crippen molar-refractivity contribution in [1.82, 2.24) is 9.80 Å². The fourth-order valence-electron chi connectivity index (χ4n) is 2.35. The SMILES string of the molecule is CC1CN(CCC(O)CN)CC1N(C)C. The molecule has 0 aromatic carbocycles. The molecule has 4 nitrogen and oxygen atoms in total. The lowest BCUT2D eigenvalue weighted by Crippen LogP contribution is -2.35. The van der Waals surface area contributed by atoms with Crippen molar-refractivity contribution in [2.24, 2.45) is 11.7 Å². The van der Waals surface area contributed by atoms with Gasteiger partial charge in [0.15, 0.2) is 0 Å². The van der Waals surface area contributed by atoms with E-state index >= 15 is 0 Å². The van der Waals surface area contributed by atoms with E-state index in [2.05, 4.69) is 30.8 Å². The van der Waals surface area contributed by atoms with Gasteiger partial charge in [0.1, 0.15) is 0 Å². The lowest BCUT2D eigenvalue weighted by Gasteiger charge is -2.22. The third-order valence-corrected chi connectivity index (χ3v) is 3.36. The normalized spacial score (nSPS) is 30.0. The molecule has 90 valence electrons. The van der Waals surface area contributed by atoms with Crippen molar-refractivity contribution in [2.45, 2.75) is 25.5 Å². The largest absolute Gasteiger partial charge is 0.392 e. The quantitative estimate of drug-likeness (QED) is 0.654. The molecular formula is C11H25N3O. The highest BCUT2D eigenvalue weighted by Crippen LogP contribution is 2.19. The average Bonchev–Trinajstić information content (AvgIpc) is 2.56. The summed E-state index contributed by atoms with van der Waals surface area (Å²) >= 11 is 0. The minimum atomic E-state index is -0.335. The summed E-state index contributed by atoms with van der Waals surface area (Å²) in [4.78, 5) is 4.72. The number of aliphatic hydroxyl groups excluding tert-OH is 1. The molecular weight excluding hydrogens is 190 g/mol. The molecule has 3 N–H and O–H groups in total. The van der Waals surface area contributed by atoms with Gasteiger partial charge in [-0.25, -0.2) is 0 Å². The van der Waals surface area contributed by atoms with Gasteiger partial charge in [-0.05, 0) is 26.4 Å². The Morgan fingerprint density at radius 3 is 2.60 bits per heavy atom. The van der Waals surface area contributed by atoms with Gasteiger partial charge in [-0.15, -0.1) is 0 Å². The molecule has 0 bridgehead atoms. The molecule has 0 aromatic heterocycles. The topological polar surface area (TPSA) is 52.7 Å². The lowest BCUT2D eigenvalue weighted by atomic mass is 10.1. The van der Waals surface area contributed by atoms with Crippen molar-refractivity contribution in [3.05, 3.63) is 0 Å². The summed E-state index contributed by atoms with van der Waals surface area (Å²) < 4.78 is 0. The number of likely N-dealkylation sites (tertiary alicyclic amines) is 1. The molecule has 0 amide bonds. The second-order valence-electron chi connectivity index (χ2n) is 4.95. The van der Waals surface area contributed by atoms with E-state index in [9.17, 15) is 5.11 Å². The van der Waals surface area contributed by atoms with E-state index in [1.807, 2.05) is 0 Å². The van der Waals surface area contributed by atoms with Gasteiger partial charge in [0, 0.05) is 32.2 Å². The van der Waals surface area contributed by atoms with Crippen molar-refractivity contribution in [2.75, 3.05) is 40.3 Å². The van der Waals surface area contributed by atoms with Gasteiger partial charge in [-0.2, -0.15) is 0 Å². The molecule has 1 aliphatic rings. The number of nitrogens with two attached hydrogens (primary N) is 1. The molecule has 1 fully saturated rings. The first-order valence-electron chi connectivity index (χ1n) is 5.81. The number of hydrogen-bond donors (Lipinski definition) is 2. The molecule has 0 aromatic rings. The molecule has 1 aliphatic heterocycles. The van der Waals surface area contributed by atoms with Crippen LogP contribution >= 0.6 is 0 Å². The van der Waals surface area contributed by atoms with E-state index in [0.717, 1.165) is 32.0 Å². The van der Waals surface area contributed by atoms with Crippen molar-refractivity contribution < 1.29 is 5.11 Å². The minimum absolute atomic E-state index is 0.335. The Morgan fingerprint density at radius 2 is 2.13 bits per heavy atom. The van der Waals surface area contributed by atoms with Crippen LogP contribution in [0.2, 0.25) is 0 Å². The van der Waals surface area contributed by atoms with E-state index in [4.69, 9.17) is 5.73 Å². The Morgan fingerprint density at radius 1 is 1.47 bits per heavy atom. The first kappa shape index (κ1) is 12.9. The standard InChI is InChI=1S/C11H25N3O/c1-9-7-14(5-4-10(15)6-12)8-11(9)13(2)3/h9-11,15H,4-8,12H2,1-3H3. The van der Waals surface area contributed by atoms with Crippen LogP contribution in [0.1, 0.15) is 13.3 Å². The van der Waals surface area contributed by atoms with Gasteiger partial charge in [-0.3, -0.25) is 0 Å². The van der Waals surface area contributed by atoms with E-state index in [-0.39, 0.29) is 6.10 Å². The Balaban J connectivity index is 2.29. The predicted molar refractivity (Wildman–Crippen MR) is 62.8 cm³/mol. The maximum atomic E-state index is 9.40. The van der Waals surface area contributed by atoms with Crippen molar-refractivity contribution >= 4 is 0 Å². The summed E-state index contributed by atoms with van der Waals surface area (Å²) in [5, 5.41) is 9.40. The maximum absolute atomic E-state index is 9.40. The Labute approximate surface area is 93.0 Å². The van der Waals surface area contributed by atoms with Gasteiger partial charge in [-0.1, -0.05) is 6.92 Å². The van der Waals surface area contributed by atoms with Crippen LogP contribution in [0.4, 0.5) is 0 Å². The van der Waals surface area contributed by atoms with Crippen LogP contribution < -0.4 is 5.73 Å². The molecule has 1 rings (SSSR count). The third-order valence-electron chi connectivity index (χ3n) is 3.36. The maximum Gasteiger partial charge on any atom is 0.0674 e. The van der Waals surface area contributed by atoms with Gasteiger partial charge < -0.3 is 20.6 Å². The zero-order valence-electron chi connectivity index (χ0n) is 10.2. The van der Waals surface area contributed by atoms with Crippen molar-refractivity contribution in [3.8, 4) is 0 Å². The molecule has 0 radical (unpaired) electrons. The van der Waals surface area contributed by atoms with Crippen LogP contribution in [0.3, 0.4) is 0 Å². The summed E-state index contributed by atoms with van der Waals surface area (Å²) in [6, 6.07) is 0.653. The van der Waals surface area contributed by atoms with Gasteiger partial charge in [0.05, 0.1) is 6.10 Å². The number of hydrogen-bond acceptors (Lipinski definition) is 4. The Bertz CT molecular complexity index is 187. The smallest absolute Gasteiger partial charge is 0.0674 e. The van der Waals surface area contributed by atoms with E-state index in [1.165, 1.54) is 0 Å². The highest BCUT2D eigenvalue weighted by molar-refractivity contribution is 4.86. The first-order chi connectivity index (χ1) is 7.04. The number of aliphatic hydroxyl groups is 1. The number of likely N-dealkylation sites (N-methyl/N-ethyl adjacent to an activating group) is 1. The van der Waals surface area contributed by atoms with Gasteiger partial charge in [0.25, 0.3) is 0 Å². The fraction of sp³-hybridized carbons (Fsp3) is 1.00. The van der Waals surface area contributed by atoms with E-state index < -0.39 is 0 Å². The first-order valence-corrected chi connectivity index (χ1v) is 5.81. The average molecular weight is 215 g/mol. The summed E-state index contributed by atoms with van der Waals surface area (Å²) in [5.41, 5.74) is 5.38. The molecule has 1 heterocycles. The zero-order valence-corrected chi connectivity index (χ0v) is 10.2. The zero-order chi connectivity index (χ0) is 11.4. The fourth-order valence-corrected chi connectivity index (χ4v) is 2.35. The number of rotatable bonds is 5. The number of nitrogens with zero attached hydrogens (tertiary/aromatic N) is 2. The predicted octanol–water partition coefficient (Wildman–Crippen LogP) is -0.422. The second kappa shape index (κ2) is 5.80. The van der Waals surface area contributed by atoms with E-state index in [1.54, 1.807) is 0 Å². The summed E-state index contributed by atoms with van der Waals surface area (Å²) in [6.07, 6.45) is 0.460. The van der Waals surface area contributed by atoms with Crippen LogP contribution in [0.5, 0.6) is 0 Å². The highest BCUT2D eigenvalue weighted by Gasteiger charge is 2.30. The highest BCUT2D eigenvalue weighted by atomic mass is 16.3. The molecule has 0 aliphatic carbocycles. The Kier molecular flexibility index (Phi) is 4.99.